The molecule has 4 aromatic rings. The van der Waals surface area contributed by atoms with Crippen molar-refractivity contribution in [3.05, 3.63) is 83.1 Å². The molecular weight excluding hydrogens is 465 g/mol. The number of ether oxygens (including phenoxy) is 1. The van der Waals surface area contributed by atoms with Gasteiger partial charge in [0.2, 0.25) is 5.91 Å². The highest BCUT2D eigenvalue weighted by Gasteiger charge is 2.32. The summed E-state index contributed by atoms with van der Waals surface area (Å²) in [7, 11) is 1.53. The third-order valence-electron chi connectivity index (χ3n) is 6.65. The topological polar surface area (TPSA) is 56.1 Å². The van der Waals surface area contributed by atoms with Crippen LogP contribution in [0.4, 0.5) is 4.39 Å². The van der Waals surface area contributed by atoms with Crippen LogP contribution in [0.5, 0.6) is 5.75 Å². The maximum atomic E-state index is 15.4. The predicted molar refractivity (Wildman–Crippen MR) is 136 cm³/mol. The van der Waals surface area contributed by atoms with Crippen LogP contribution in [-0.4, -0.2) is 28.6 Å². The summed E-state index contributed by atoms with van der Waals surface area (Å²) in [5.41, 5.74) is 2.47. The summed E-state index contributed by atoms with van der Waals surface area (Å²) < 4.78 is 22.6. The van der Waals surface area contributed by atoms with Crippen molar-refractivity contribution in [3.63, 3.8) is 0 Å². The molecule has 1 fully saturated rings. The van der Waals surface area contributed by atoms with E-state index in [1.54, 1.807) is 24.3 Å². The number of para-hydroxylation sites is 2. The fraction of sp³-hybridized carbons (Fsp3) is 0.286. The number of amides is 1. The Kier molecular flexibility index (Phi) is 6.73. The molecule has 1 aliphatic rings. The Bertz CT molecular complexity index is 1350. The number of halogens is 2. The summed E-state index contributed by atoms with van der Waals surface area (Å²) in [6.45, 7) is 0. The number of benzene rings is 3. The van der Waals surface area contributed by atoms with E-state index in [0.29, 0.717) is 16.6 Å². The molecule has 0 aliphatic heterocycles. The van der Waals surface area contributed by atoms with Gasteiger partial charge in [0.15, 0.2) is 0 Å². The Balaban J connectivity index is 1.72. The number of imidazole rings is 1. The number of carbonyl (C=O) groups excluding carboxylic acids is 1. The molecule has 0 saturated heterocycles. The molecule has 1 heterocycles. The van der Waals surface area contributed by atoms with Crippen LogP contribution in [0, 0.1) is 5.82 Å². The molecule has 1 saturated carbocycles. The van der Waals surface area contributed by atoms with Gasteiger partial charge >= 0.3 is 0 Å². The van der Waals surface area contributed by atoms with Crippen LogP contribution in [0.25, 0.3) is 22.4 Å². The Morgan fingerprint density at radius 2 is 1.83 bits per heavy atom. The fourth-order valence-electron chi connectivity index (χ4n) is 4.89. The van der Waals surface area contributed by atoms with Crippen LogP contribution in [-0.2, 0) is 4.79 Å². The highest BCUT2D eigenvalue weighted by atomic mass is 35.5. The zero-order valence-corrected chi connectivity index (χ0v) is 20.3. The molecule has 1 N–H and O–H groups in total. The monoisotopic (exact) mass is 491 g/mol. The lowest BCUT2D eigenvalue weighted by Crippen LogP contribution is -2.41. The van der Waals surface area contributed by atoms with Crippen LogP contribution in [0.2, 0.25) is 5.02 Å². The van der Waals surface area contributed by atoms with Gasteiger partial charge in [-0.15, -0.1) is 0 Å². The molecular formula is C28H27ClFN3O2. The summed E-state index contributed by atoms with van der Waals surface area (Å²) in [4.78, 5) is 18.8. The van der Waals surface area contributed by atoms with Gasteiger partial charge in [-0.2, -0.15) is 0 Å². The van der Waals surface area contributed by atoms with Gasteiger partial charge < -0.3 is 14.6 Å². The molecule has 180 valence electrons. The van der Waals surface area contributed by atoms with E-state index in [2.05, 4.69) is 5.32 Å². The standard InChI is InChI=1S/C28H27ClFN3O2/c1-35-21-15-16-23(30)22(17-21)26(28(34)31-20-7-3-2-4-8-20)33-25-10-6-5-9-24(25)32-27(33)18-11-13-19(29)14-12-18/h5-6,9-17,20,26H,2-4,7-8H2,1H3,(H,31,34). The Morgan fingerprint density at radius 1 is 1.09 bits per heavy atom. The summed E-state index contributed by atoms with van der Waals surface area (Å²) in [6.07, 6.45) is 5.18. The van der Waals surface area contributed by atoms with Gasteiger partial charge in [-0.05, 0) is 67.4 Å². The molecule has 35 heavy (non-hydrogen) atoms. The molecule has 1 aromatic heterocycles. The lowest BCUT2D eigenvalue weighted by Gasteiger charge is -2.28. The summed E-state index contributed by atoms with van der Waals surface area (Å²) >= 11 is 6.13. The first kappa shape index (κ1) is 23.4. The number of hydrogen-bond acceptors (Lipinski definition) is 3. The number of methoxy groups -OCH3 is 1. The average Bonchev–Trinajstić information content (AvgIpc) is 3.25. The Hall–Kier alpha value is -3.38. The first-order valence-electron chi connectivity index (χ1n) is 11.9. The first-order valence-corrected chi connectivity index (χ1v) is 12.3. The number of rotatable bonds is 6. The minimum absolute atomic E-state index is 0.0705. The maximum absolute atomic E-state index is 15.4. The van der Waals surface area contributed by atoms with Crippen LogP contribution in [0.1, 0.15) is 43.7 Å². The normalized spacial score (nSPS) is 15.2. The van der Waals surface area contributed by atoms with Gasteiger partial charge in [-0.3, -0.25) is 4.79 Å². The van der Waals surface area contributed by atoms with Crippen molar-refractivity contribution in [1.29, 1.82) is 0 Å². The van der Waals surface area contributed by atoms with E-state index < -0.39 is 11.9 Å². The maximum Gasteiger partial charge on any atom is 0.248 e. The van der Waals surface area contributed by atoms with Crippen LogP contribution >= 0.6 is 11.6 Å². The van der Waals surface area contributed by atoms with Crippen LogP contribution < -0.4 is 10.1 Å². The van der Waals surface area contributed by atoms with Crippen molar-refractivity contribution in [1.82, 2.24) is 14.9 Å². The second-order valence-electron chi connectivity index (χ2n) is 8.93. The minimum Gasteiger partial charge on any atom is -0.497 e. The van der Waals surface area contributed by atoms with E-state index in [1.165, 1.54) is 19.6 Å². The largest absolute Gasteiger partial charge is 0.497 e. The van der Waals surface area contributed by atoms with Gasteiger partial charge in [0.25, 0.3) is 0 Å². The molecule has 1 aliphatic carbocycles. The number of hydrogen-bond donors (Lipinski definition) is 1. The Morgan fingerprint density at radius 3 is 2.57 bits per heavy atom. The molecule has 0 spiro atoms. The van der Waals surface area contributed by atoms with Crippen molar-refractivity contribution in [2.75, 3.05) is 7.11 Å². The molecule has 1 atom stereocenters. The van der Waals surface area contributed by atoms with Crippen molar-refractivity contribution < 1.29 is 13.9 Å². The molecule has 7 heteroatoms. The van der Waals surface area contributed by atoms with Gasteiger partial charge in [-0.1, -0.05) is 43.0 Å². The third kappa shape index (κ3) is 4.76. The zero-order chi connectivity index (χ0) is 24.4. The van der Waals surface area contributed by atoms with Gasteiger partial charge in [-0.25, -0.2) is 9.37 Å². The summed E-state index contributed by atoms with van der Waals surface area (Å²) in [5.74, 6) is 0.306. The number of fused-ring (bicyclic) bond motifs is 1. The van der Waals surface area contributed by atoms with Crippen LogP contribution in [0.3, 0.4) is 0 Å². The lowest BCUT2D eigenvalue weighted by molar-refractivity contribution is -0.124. The summed E-state index contributed by atoms with van der Waals surface area (Å²) in [5, 5.41) is 3.81. The van der Waals surface area contributed by atoms with E-state index in [0.717, 1.165) is 42.3 Å². The predicted octanol–water partition coefficient (Wildman–Crippen LogP) is 6.54. The molecule has 5 rings (SSSR count). The van der Waals surface area contributed by atoms with Crippen molar-refractivity contribution >= 4 is 28.5 Å². The molecule has 1 amide bonds. The molecule has 1 unspecified atom stereocenters. The van der Waals surface area contributed by atoms with Crippen LogP contribution in [0.15, 0.2) is 66.7 Å². The van der Waals surface area contributed by atoms with Gasteiger partial charge in [0, 0.05) is 22.2 Å². The molecule has 0 bridgehead atoms. The summed E-state index contributed by atoms with van der Waals surface area (Å²) in [6, 6.07) is 18.5. The molecule has 3 aromatic carbocycles. The number of aromatic nitrogens is 2. The average molecular weight is 492 g/mol. The van der Waals surface area contributed by atoms with Gasteiger partial charge in [0.05, 0.1) is 18.1 Å². The SMILES string of the molecule is COc1ccc(F)c(C(C(=O)NC2CCCCC2)n2c(-c3ccc(Cl)cc3)nc3ccccc32)c1. The molecule has 0 radical (unpaired) electrons. The zero-order valence-electron chi connectivity index (χ0n) is 19.5. The minimum atomic E-state index is -0.981. The number of carbonyl (C=O) groups is 1. The van der Waals surface area contributed by atoms with Crippen molar-refractivity contribution in [3.8, 4) is 17.1 Å². The molecule has 5 nitrogen and oxygen atoms in total. The van der Waals surface area contributed by atoms with E-state index in [1.807, 2.05) is 41.0 Å². The van der Waals surface area contributed by atoms with Gasteiger partial charge in [0.1, 0.15) is 23.4 Å². The van der Waals surface area contributed by atoms with E-state index in [4.69, 9.17) is 21.3 Å². The van der Waals surface area contributed by atoms with E-state index >= 15 is 4.39 Å². The second kappa shape index (κ2) is 10.1. The lowest BCUT2D eigenvalue weighted by atomic mass is 9.94. The first-order chi connectivity index (χ1) is 17.0. The second-order valence-corrected chi connectivity index (χ2v) is 9.37. The number of nitrogens with one attached hydrogen (secondary N) is 1. The van der Waals surface area contributed by atoms with E-state index in [9.17, 15) is 4.79 Å². The van der Waals surface area contributed by atoms with E-state index in [-0.39, 0.29) is 17.5 Å². The fourth-order valence-corrected chi connectivity index (χ4v) is 5.02. The smallest absolute Gasteiger partial charge is 0.248 e. The highest BCUT2D eigenvalue weighted by Crippen LogP contribution is 2.35. The Labute approximate surface area is 208 Å². The van der Waals surface area contributed by atoms with Crippen molar-refractivity contribution in [2.45, 2.75) is 44.2 Å². The highest BCUT2D eigenvalue weighted by molar-refractivity contribution is 6.30. The number of nitrogens with zero attached hydrogens (tertiary/aromatic N) is 2. The third-order valence-corrected chi connectivity index (χ3v) is 6.91. The van der Waals surface area contributed by atoms with Crippen molar-refractivity contribution in [2.24, 2.45) is 0 Å². The quantitative estimate of drug-likeness (QED) is 0.333.